The first-order valence-corrected chi connectivity index (χ1v) is 16.8. The Bertz CT molecular complexity index is 1480. The summed E-state index contributed by atoms with van der Waals surface area (Å²) in [6.45, 7) is 10.6. The lowest BCUT2D eigenvalue weighted by Gasteiger charge is -2.20. The molecule has 0 spiro atoms. The minimum Gasteiger partial charge on any atom is -0.465 e. The van der Waals surface area contributed by atoms with Crippen LogP contribution in [-0.2, 0) is 41.7 Å². The Kier molecular flexibility index (Phi) is 17.9. The van der Waals surface area contributed by atoms with E-state index in [0.717, 1.165) is 25.7 Å². The van der Waals surface area contributed by atoms with Gasteiger partial charge in [-0.2, -0.15) is 13.2 Å². The highest BCUT2D eigenvalue weighted by Crippen LogP contribution is 2.18. The lowest BCUT2D eigenvalue weighted by molar-refractivity contribution is -0.167. The van der Waals surface area contributed by atoms with Crippen LogP contribution >= 0.6 is 0 Å². The number of carbonyl (C=O) groups is 4. The van der Waals surface area contributed by atoms with Gasteiger partial charge in [0.25, 0.3) is 0 Å². The van der Waals surface area contributed by atoms with Crippen LogP contribution in [-0.4, -0.2) is 85.0 Å². The maximum atomic E-state index is 12.6. The summed E-state index contributed by atoms with van der Waals surface area (Å²) in [6, 6.07) is 9.13. The highest BCUT2D eigenvalue weighted by atomic mass is 19.4. The number of nitrogens with zero attached hydrogens (tertiary/aromatic N) is 2. The monoisotopic (exact) mass is 719 g/mol. The van der Waals surface area contributed by atoms with Crippen molar-refractivity contribution in [3.8, 4) is 11.8 Å². The molecule has 2 amide bonds. The molecule has 12 nitrogen and oxygen atoms in total. The summed E-state index contributed by atoms with van der Waals surface area (Å²) >= 11 is 0. The summed E-state index contributed by atoms with van der Waals surface area (Å²) in [5.41, 5.74) is 1.70. The lowest BCUT2D eigenvalue weighted by Crippen LogP contribution is -2.36. The number of nitrogens with one attached hydrogen (secondary N) is 3. The van der Waals surface area contributed by atoms with Crippen molar-refractivity contribution in [2.24, 2.45) is 0 Å². The van der Waals surface area contributed by atoms with Crippen molar-refractivity contribution in [2.45, 2.75) is 85.2 Å². The second-order valence-corrected chi connectivity index (χ2v) is 12.4. The van der Waals surface area contributed by atoms with Gasteiger partial charge in [-0.1, -0.05) is 24.7 Å². The second kappa shape index (κ2) is 21.5. The zero-order valence-corrected chi connectivity index (χ0v) is 29.8. The number of aromatic nitrogens is 1. The second-order valence-electron chi connectivity index (χ2n) is 12.4. The summed E-state index contributed by atoms with van der Waals surface area (Å²) in [5.74, 6) is 2.93. The summed E-state index contributed by atoms with van der Waals surface area (Å²) < 4.78 is 53.1. The Balaban J connectivity index is 2.13. The molecule has 280 valence electrons. The number of alkyl halides is 3. The molecule has 3 N–H and O–H groups in total. The van der Waals surface area contributed by atoms with E-state index in [1.807, 2.05) is 20.8 Å². The van der Waals surface area contributed by atoms with Gasteiger partial charge in [0.15, 0.2) is 0 Å². The molecule has 0 atom stereocenters. The van der Waals surface area contributed by atoms with Gasteiger partial charge >= 0.3 is 30.1 Å². The standard InChI is InChI=1S/C36H48F3N5O7/c1-6-49-31(45)24-44(25-32(46)50-7-2)23-30-21-27(13-12-26-14-16-28(17-15-26)43-33(47)36(37,38)39)20-29(42-30)22-40-18-10-8-9-11-19-41-34(48)51-35(3,4)5/h14-17,20-21,40H,6-11,18-19,22-25H2,1-5H3,(H,41,48)(H,43,47). The smallest absolute Gasteiger partial charge is 0.465 e. The van der Waals surface area contributed by atoms with Crippen LogP contribution in [0, 0.1) is 11.8 Å². The molecular formula is C36H48F3N5O7. The fraction of sp³-hybridized carbons (Fsp3) is 0.528. The molecule has 0 aliphatic carbocycles. The fourth-order valence-corrected chi connectivity index (χ4v) is 4.50. The molecule has 0 aliphatic heterocycles. The van der Waals surface area contributed by atoms with Gasteiger partial charge in [-0.3, -0.25) is 24.3 Å². The van der Waals surface area contributed by atoms with Crippen molar-refractivity contribution in [1.29, 1.82) is 0 Å². The van der Waals surface area contributed by atoms with Crippen molar-refractivity contribution in [3.05, 3.63) is 58.9 Å². The third-order valence-corrected chi connectivity index (χ3v) is 6.64. The maximum Gasteiger partial charge on any atom is 0.471 e. The largest absolute Gasteiger partial charge is 0.471 e. The van der Waals surface area contributed by atoms with Gasteiger partial charge in [0, 0.05) is 36.4 Å². The van der Waals surface area contributed by atoms with Crippen LogP contribution in [0.2, 0.25) is 0 Å². The number of rotatable bonds is 18. The van der Waals surface area contributed by atoms with Gasteiger partial charge in [0.05, 0.1) is 37.7 Å². The van der Waals surface area contributed by atoms with E-state index in [1.165, 1.54) is 24.3 Å². The fourth-order valence-electron chi connectivity index (χ4n) is 4.50. The van der Waals surface area contributed by atoms with Gasteiger partial charge < -0.3 is 30.2 Å². The van der Waals surface area contributed by atoms with E-state index in [-0.39, 0.29) is 38.5 Å². The number of alkyl carbamates (subject to hydrolysis) is 1. The predicted octanol–water partition coefficient (Wildman–Crippen LogP) is 5.09. The minimum absolute atomic E-state index is 0.0248. The van der Waals surface area contributed by atoms with Crippen LogP contribution in [0.25, 0.3) is 0 Å². The summed E-state index contributed by atoms with van der Waals surface area (Å²) in [4.78, 5) is 53.9. The third kappa shape index (κ3) is 18.8. The van der Waals surface area contributed by atoms with Gasteiger partial charge in [0.1, 0.15) is 5.60 Å². The third-order valence-electron chi connectivity index (χ3n) is 6.64. The number of pyridine rings is 1. The molecule has 0 radical (unpaired) electrons. The number of esters is 2. The highest BCUT2D eigenvalue weighted by Gasteiger charge is 2.38. The Morgan fingerprint density at radius 1 is 0.804 bits per heavy atom. The van der Waals surface area contributed by atoms with Gasteiger partial charge in [-0.05, 0) is 90.4 Å². The van der Waals surface area contributed by atoms with Crippen molar-refractivity contribution in [1.82, 2.24) is 20.5 Å². The molecule has 0 bridgehead atoms. The Morgan fingerprint density at radius 3 is 1.94 bits per heavy atom. The summed E-state index contributed by atoms with van der Waals surface area (Å²) in [6.07, 6.45) is -1.84. The minimum atomic E-state index is -5.01. The normalized spacial score (nSPS) is 11.3. The van der Waals surface area contributed by atoms with E-state index < -0.39 is 35.7 Å². The Morgan fingerprint density at radius 2 is 1.37 bits per heavy atom. The average molecular weight is 720 g/mol. The van der Waals surface area contributed by atoms with Crippen molar-refractivity contribution in [3.63, 3.8) is 0 Å². The number of benzene rings is 1. The predicted molar refractivity (Wildman–Crippen MR) is 184 cm³/mol. The van der Waals surface area contributed by atoms with E-state index in [2.05, 4.69) is 22.5 Å². The van der Waals surface area contributed by atoms with E-state index in [4.69, 9.17) is 19.2 Å². The molecule has 0 saturated carbocycles. The Labute approximate surface area is 297 Å². The number of hydrogen-bond donors (Lipinski definition) is 3. The molecule has 0 fully saturated rings. The van der Waals surface area contributed by atoms with Gasteiger partial charge in [-0.15, -0.1) is 0 Å². The molecule has 1 aromatic heterocycles. The van der Waals surface area contributed by atoms with Crippen LogP contribution in [0.1, 0.15) is 82.8 Å². The summed E-state index contributed by atoms with van der Waals surface area (Å²) in [5, 5.41) is 7.92. The number of amides is 2. The van der Waals surface area contributed by atoms with E-state index in [9.17, 15) is 32.3 Å². The first-order valence-electron chi connectivity index (χ1n) is 16.8. The van der Waals surface area contributed by atoms with E-state index in [1.54, 1.807) is 36.2 Å². The molecule has 51 heavy (non-hydrogen) atoms. The molecule has 15 heteroatoms. The molecular weight excluding hydrogens is 671 g/mol. The van der Waals surface area contributed by atoms with Crippen molar-refractivity contribution < 1.29 is 46.6 Å². The highest BCUT2D eigenvalue weighted by molar-refractivity contribution is 5.94. The molecule has 1 heterocycles. The number of carbonyl (C=O) groups excluding carboxylic acids is 4. The van der Waals surface area contributed by atoms with Crippen molar-refractivity contribution in [2.75, 3.05) is 44.7 Å². The van der Waals surface area contributed by atoms with Crippen molar-refractivity contribution >= 4 is 29.6 Å². The first kappa shape index (κ1) is 42.5. The Hall–Kier alpha value is -4.68. The van der Waals surface area contributed by atoms with E-state index >= 15 is 0 Å². The number of hydrogen-bond acceptors (Lipinski definition) is 10. The first-order chi connectivity index (χ1) is 24.1. The number of ether oxygens (including phenoxy) is 3. The molecule has 1 aromatic carbocycles. The number of halogens is 3. The number of unbranched alkanes of at least 4 members (excludes halogenated alkanes) is 3. The lowest BCUT2D eigenvalue weighted by atomic mass is 10.1. The zero-order valence-electron chi connectivity index (χ0n) is 29.8. The molecule has 0 aliphatic rings. The number of anilines is 1. The SMILES string of the molecule is CCOC(=O)CN(CC(=O)OCC)Cc1cc(C#Cc2ccc(NC(=O)C(F)(F)F)cc2)cc(CNCCCCCCNC(=O)OC(C)(C)C)n1. The van der Waals surface area contributed by atoms with E-state index in [0.29, 0.717) is 42.1 Å². The van der Waals surface area contributed by atoms with Crippen LogP contribution in [0.4, 0.5) is 23.7 Å². The quantitative estimate of drug-likeness (QED) is 0.0825. The average Bonchev–Trinajstić information content (AvgIpc) is 3.02. The van der Waals surface area contributed by atoms with Crippen LogP contribution in [0.5, 0.6) is 0 Å². The molecule has 0 saturated heterocycles. The van der Waals surface area contributed by atoms with Gasteiger partial charge in [-0.25, -0.2) is 4.79 Å². The van der Waals surface area contributed by atoms with Gasteiger partial charge in [0.2, 0.25) is 0 Å². The molecule has 2 aromatic rings. The van der Waals surface area contributed by atoms with Crippen LogP contribution in [0.3, 0.4) is 0 Å². The topological polar surface area (TPSA) is 148 Å². The molecule has 2 rings (SSSR count). The molecule has 0 unspecified atom stereocenters. The maximum absolute atomic E-state index is 12.6. The van der Waals surface area contributed by atoms with Crippen LogP contribution < -0.4 is 16.0 Å². The zero-order chi connectivity index (χ0) is 37.9. The van der Waals surface area contributed by atoms with Crippen LogP contribution in [0.15, 0.2) is 36.4 Å². The summed E-state index contributed by atoms with van der Waals surface area (Å²) in [7, 11) is 0.